The van der Waals surface area contributed by atoms with E-state index in [0.717, 1.165) is 116 Å². The van der Waals surface area contributed by atoms with E-state index in [2.05, 4.69) is 27.7 Å². The molecule has 59 heavy (non-hydrogen) atoms. The minimum absolute atomic E-state index is 0.0969. The van der Waals surface area contributed by atoms with Crippen LogP contribution in [0.25, 0.3) is 0 Å². The van der Waals surface area contributed by atoms with Gasteiger partial charge in [-0.05, 0) is 58.7 Å². The summed E-state index contributed by atoms with van der Waals surface area (Å²) in [5, 5.41) is 0. The monoisotopic (exact) mass is 842 g/mol. The smallest absolute Gasteiger partial charge is 0.317 e. The molecule has 0 aliphatic heterocycles. The van der Waals surface area contributed by atoms with Crippen LogP contribution in [0.1, 0.15) is 188 Å². The van der Waals surface area contributed by atoms with Gasteiger partial charge in [0.05, 0.1) is 13.2 Å². The molecular formula is C46H83NO12. The van der Waals surface area contributed by atoms with E-state index in [1.807, 2.05) is 19.0 Å². The number of hydrogen-bond acceptors (Lipinski definition) is 13. The molecule has 0 amide bonds. The first kappa shape index (κ1) is 55.8. The van der Waals surface area contributed by atoms with E-state index in [-0.39, 0.29) is 32.0 Å². The Morgan fingerprint density at radius 3 is 1.20 bits per heavy atom. The van der Waals surface area contributed by atoms with Crippen molar-refractivity contribution in [2.75, 3.05) is 60.3 Å². The Morgan fingerprint density at radius 2 is 0.780 bits per heavy atom. The van der Waals surface area contributed by atoms with Crippen LogP contribution in [-0.2, 0) is 57.2 Å². The number of esters is 6. The van der Waals surface area contributed by atoms with Crippen molar-refractivity contribution in [2.45, 2.75) is 188 Å². The Bertz CT molecular complexity index is 1070. The van der Waals surface area contributed by atoms with Crippen molar-refractivity contribution in [3.8, 4) is 0 Å². The maximum absolute atomic E-state index is 13.4. The molecule has 0 saturated heterocycles. The van der Waals surface area contributed by atoms with Crippen molar-refractivity contribution in [2.24, 2.45) is 11.3 Å². The topological polar surface area (TPSA) is 161 Å². The molecule has 344 valence electrons. The highest BCUT2D eigenvalue weighted by Gasteiger charge is 2.38. The van der Waals surface area contributed by atoms with Gasteiger partial charge in [-0.15, -0.1) is 0 Å². The van der Waals surface area contributed by atoms with E-state index < -0.39 is 80.5 Å². The molecule has 13 nitrogen and oxygen atoms in total. The van der Waals surface area contributed by atoms with Gasteiger partial charge in [-0.25, -0.2) is 0 Å². The zero-order valence-corrected chi connectivity index (χ0v) is 38.1. The second kappa shape index (κ2) is 37.8. The van der Waals surface area contributed by atoms with Crippen molar-refractivity contribution in [3.05, 3.63) is 0 Å². The van der Waals surface area contributed by atoms with E-state index in [0.29, 0.717) is 25.8 Å². The molecule has 0 aromatic rings. The standard InChI is InChI=1S/C46H83NO12/c1-7-11-15-17-19-23-30-54-42(50)33-44(52)58-37-46(35-56-40(48)28-25-29-47(5)6,36-57-41(49)32-39(26-21-13-9-3)27-22-14-10-4)38-59-45(53)34-43(51)55-31-24-20-18-16-12-8-2/h39H,7-38H2,1-6H3. The second-order valence-electron chi connectivity index (χ2n) is 16.4. The van der Waals surface area contributed by atoms with Crippen LogP contribution in [0.4, 0.5) is 0 Å². The van der Waals surface area contributed by atoms with Crippen LogP contribution in [0.15, 0.2) is 0 Å². The average molecular weight is 842 g/mol. The van der Waals surface area contributed by atoms with E-state index in [4.69, 9.17) is 28.4 Å². The molecular weight excluding hydrogens is 759 g/mol. The number of rotatable bonds is 40. The molecule has 0 aliphatic carbocycles. The molecule has 0 aromatic heterocycles. The predicted octanol–water partition coefficient (Wildman–Crippen LogP) is 9.24. The van der Waals surface area contributed by atoms with Crippen molar-refractivity contribution < 1.29 is 57.2 Å². The molecule has 0 bridgehead atoms. The first-order valence-electron chi connectivity index (χ1n) is 23.0. The fraction of sp³-hybridized carbons (Fsp3) is 0.870. The normalized spacial score (nSPS) is 11.4. The van der Waals surface area contributed by atoms with Gasteiger partial charge in [0, 0.05) is 12.8 Å². The first-order valence-corrected chi connectivity index (χ1v) is 23.0. The molecule has 0 N–H and O–H groups in total. The van der Waals surface area contributed by atoms with Gasteiger partial charge in [0.15, 0.2) is 0 Å². The van der Waals surface area contributed by atoms with Crippen molar-refractivity contribution in [1.82, 2.24) is 4.90 Å². The Kier molecular flexibility index (Phi) is 35.7. The SMILES string of the molecule is CCCCCCCCOC(=O)CC(=O)OCC(COC(=O)CCCN(C)C)(COC(=O)CC(=O)OCCCCCCCC)COC(=O)CC(CCCCC)CCCCC. The van der Waals surface area contributed by atoms with Crippen LogP contribution >= 0.6 is 0 Å². The lowest BCUT2D eigenvalue weighted by Gasteiger charge is -2.32. The van der Waals surface area contributed by atoms with Crippen LogP contribution in [0.5, 0.6) is 0 Å². The lowest BCUT2D eigenvalue weighted by atomic mass is 9.91. The zero-order chi connectivity index (χ0) is 44.0. The molecule has 0 rings (SSSR count). The summed E-state index contributed by atoms with van der Waals surface area (Å²) in [5.74, 6) is -4.16. The quantitative estimate of drug-likeness (QED) is 0.0249. The van der Waals surface area contributed by atoms with Gasteiger partial charge in [0.1, 0.15) is 44.7 Å². The third-order valence-corrected chi connectivity index (χ3v) is 10.1. The Labute approximate surface area is 357 Å². The fourth-order valence-electron chi connectivity index (χ4n) is 6.38. The Hall–Kier alpha value is -3.22. The third-order valence-electron chi connectivity index (χ3n) is 10.1. The summed E-state index contributed by atoms with van der Waals surface area (Å²) >= 11 is 0. The first-order chi connectivity index (χ1) is 28.4. The molecule has 0 spiro atoms. The number of unbranched alkanes of at least 4 members (excludes halogenated alkanes) is 14. The molecule has 0 radical (unpaired) electrons. The number of carbonyl (C=O) groups excluding carboxylic acids is 6. The molecule has 0 saturated carbocycles. The summed E-state index contributed by atoms with van der Waals surface area (Å²) in [7, 11) is 3.78. The highest BCUT2D eigenvalue weighted by atomic mass is 16.6. The highest BCUT2D eigenvalue weighted by molar-refractivity contribution is 5.91. The molecule has 0 atom stereocenters. The maximum Gasteiger partial charge on any atom is 0.317 e. The summed E-state index contributed by atoms with van der Waals surface area (Å²) in [6.07, 6.45) is 19.7. The lowest BCUT2D eigenvalue weighted by molar-refractivity contribution is -0.172. The summed E-state index contributed by atoms with van der Waals surface area (Å²) < 4.78 is 33.0. The lowest BCUT2D eigenvalue weighted by Crippen LogP contribution is -2.44. The van der Waals surface area contributed by atoms with Crippen molar-refractivity contribution in [1.29, 1.82) is 0 Å². The molecule has 13 heteroatoms. The van der Waals surface area contributed by atoms with E-state index in [9.17, 15) is 28.8 Å². The minimum atomic E-state index is -1.54. The Morgan fingerprint density at radius 1 is 0.424 bits per heavy atom. The van der Waals surface area contributed by atoms with Crippen LogP contribution in [0, 0.1) is 11.3 Å². The maximum atomic E-state index is 13.4. The molecule has 0 aromatic carbocycles. The highest BCUT2D eigenvalue weighted by Crippen LogP contribution is 2.25. The van der Waals surface area contributed by atoms with E-state index >= 15 is 0 Å². The molecule has 0 heterocycles. The van der Waals surface area contributed by atoms with Gasteiger partial charge in [0.2, 0.25) is 0 Å². The van der Waals surface area contributed by atoms with E-state index in [1.54, 1.807) is 0 Å². The van der Waals surface area contributed by atoms with E-state index in [1.165, 1.54) is 0 Å². The largest absolute Gasteiger partial charge is 0.465 e. The molecule has 0 fully saturated rings. The fourth-order valence-corrected chi connectivity index (χ4v) is 6.38. The summed E-state index contributed by atoms with van der Waals surface area (Å²) in [4.78, 5) is 79.1. The van der Waals surface area contributed by atoms with Gasteiger partial charge in [-0.3, -0.25) is 28.8 Å². The van der Waals surface area contributed by atoms with Gasteiger partial charge >= 0.3 is 35.8 Å². The van der Waals surface area contributed by atoms with Crippen molar-refractivity contribution >= 4 is 35.8 Å². The number of nitrogens with zero attached hydrogens (tertiary/aromatic N) is 1. The van der Waals surface area contributed by atoms with Gasteiger partial charge in [-0.2, -0.15) is 0 Å². The molecule has 0 aliphatic rings. The van der Waals surface area contributed by atoms with Crippen LogP contribution in [0.2, 0.25) is 0 Å². The number of ether oxygens (including phenoxy) is 6. The third kappa shape index (κ3) is 34.2. The van der Waals surface area contributed by atoms with Crippen molar-refractivity contribution in [3.63, 3.8) is 0 Å². The summed E-state index contributed by atoms with van der Waals surface area (Å²) in [6.45, 7) is 7.71. The van der Waals surface area contributed by atoms with Gasteiger partial charge in [-0.1, -0.05) is 130 Å². The van der Waals surface area contributed by atoms with Crippen LogP contribution in [0.3, 0.4) is 0 Å². The van der Waals surface area contributed by atoms with Gasteiger partial charge in [0.25, 0.3) is 0 Å². The summed E-state index contributed by atoms with van der Waals surface area (Å²) in [6, 6.07) is 0. The summed E-state index contributed by atoms with van der Waals surface area (Å²) in [5.41, 5.74) is -1.54. The van der Waals surface area contributed by atoms with Crippen LogP contribution < -0.4 is 0 Å². The number of carbonyl (C=O) groups is 6. The predicted molar refractivity (Wildman–Crippen MR) is 228 cm³/mol. The Balaban J connectivity index is 5.95. The second-order valence-corrected chi connectivity index (χ2v) is 16.4. The van der Waals surface area contributed by atoms with Crippen LogP contribution in [-0.4, -0.2) is 101 Å². The molecule has 0 unspecified atom stereocenters. The van der Waals surface area contributed by atoms with Gasteiger partial charge < -0.3 is 33.3 Å². The number of hydrogen-bond donors (Lipinski definition) is 0. The minimum Gasteiger partial charge on any atom is -0.465 e. The average Bonchev–Trinajstić information content (AvgIpc) is 3.19. The zero-order valence-electron chi connectivity index (χ0n) is 38.1.